The van der Waals surface area contributed by atoms with Gasteiger partial charge in [0.2, 0.25) is 0 Å². The Morgan fingerprint density at radius 1 is 1.48 bits per heavy atom. The number of aliphatic carboxylic acids is 1. The van der Waals surface area contributed by atoms with Crippen LogP contribution in [0, 0.1) is 5.41 Å². The number of rotatable bonds is 5. The van der Waals surface area contributed by atoms with E-state index >= 15 is 0 Å². The summed E-state index contributed by atoms with van der Waals surface area (Å²) < 4.78 is 38.9. The topological polar surface area (TPSA) is 69.6 Å². The molecule has 0 spiro atoms. The van der Waals surface area contributed by atoms with Crippen molar-refractivity contribution in [2.24, 2.45) is 5.41 Å². The number of nitrogens with zero attached hydrogens (tertiary/aromatic N) is 1. The zero-order valence-corrected chi connectivity index (χ0v) is 12.7. The number of carboxylic acid groups (broad SMARTS) is 1. The molecule has 0 aromatic heterocycles. The van der Waals surface area contributed by atoms with Crippen molar-refractivity contribution in [3.63, 3.8) is 0 Å². The second-order valence-electron chi connectivity index (χ2n) is 5.12. The van der Waals surface area contributed by atoms with Crippen LogP contribution in [0.3, 0.4) is 0 Å². The minimum atomic E-state index is -4.87. The molecule has 1 aliphatic rings. The minimum absolute atomic E-state index is 0.213. The van der Waals surface area contributed by atoms with Crippen molar-refractivity contribution in [2.75, 3.05) is 25.9 Å². The fourth-order valence-electron chi connectivity index (χ4n) is 2.12. The number of nitrogens with one attached hydrogen (secondary N) is 1. The molecule has 0 radical (unpaired) electrons. The Bertz CT molecular complexity index is 406. The molecule has 5 nitrogen and oxygen atoms in total. The van der Waals surface area contributed by atoms with Crippen LogP contribution >= 0.6 is 11.8 Å². The fraction of sp³-hybridized carbons (Fsp3) is 0.833. The van der Waals surface area contributed by atoms with Gasteiger partial charge in [0.25, 0.3) is 0 Å². The largest absolute Gasteiger partial charge is 0.481 e. The first-order chi connectivity index (χ1) is 9.64. The number of hydrogen-bond donors (Lipinski definition) is 2. The first-order valence-electron chi connectivity index (χ1n) is 6.50. The highest BCUT2D eigenvalue weighted by atomic mass is 32.2. The van der Waals surface area contributed by atoms with Gasteiger partial charge in [-0.25, -0.2) is 4.79 Å². The monoisotopic (exact) mass is 328 g/mol. The van der Waals surface area contributed by atoms with Gasteiger partial charge in [0.15, 0.2) is 5.41 Å². The molecule has 122 valence electrons. The van der Waals surface area contributed by atoms with E-state index in [1.807, 2.05) is 13.2 Å². The lowest BCUT2D eigenvalue weighted by atomic mass is 9.86. The summed E-state index contributed by atoms with van der Waals surface area (Å²) in [6, 6.07) is -0.643. The Hall–Kier alpha value is -1.12. The summed E-state index contributed by atoms with van der Waals surface area (Å²) in [5.41, 5.74) is -2.85. The van der Waals surface area contributed by atoms with Gasteiger partial charge >= 0.3 is 18.2 Å². The molecule has 1 saturated heterocycles. The van der Waals surface area contributed by atoms with Gasteiger partial charge in [0.1, 0.15) is 0 Å². The van der Waals surface area contributed by atoms with E-state index in [9.17, 15) is 22.8 Å². The summed E-state index contributed by atoms with van der Waals surface area (Å²) in [7, 11) is 0. The molecule has 2 amide bonds. The molecule has 2 atom stereocenters. The SMILES string of the molecule is CSC(C)CCNC(=O)N1CCC(C(=O)O)(C(F)(F)F)C1. The zero-order valence-electron chi connectivity index (χ0n) is 11.9. The highest BCUT2D eigenvalue weighted by Crippen LogP contribution is 2.45. The van der Waals surface area contributed by atoms with Crippen molar-refractivity contribution in [2.45, 2.75) is 31.2 Å². The predicted molar refractivity (Wildman–Crippen MR) is 73.3 cm³/mol. The Balaban J connectivity index is 2.60. The number of hydrogen-bond acceptors (Lipinski definition) is 3. The fourth-order valence-corrected chi connectivity index (χ4v) is 2.48. The Kier molecular flexibility index (Phi) is 5.77. The molecule has 0 aromatic carbocycles. The number of carboxylic acids is 1. The average molecular weight is 328 g/mol. The molecule has 1 aliphatic heterocycles. The minimum Gasteiger partial charge on any atom is -0.481 e. The van der Waals surface area contributed by atoms with Gasteiger partial charge in [0, 0.05) is 24.9 Å². The van der Waals surface area contributed by atoms with Crippen molar-refractivity contribution in [1.82, 2.24) is 10.2 Å². The van der Waals surface area contributed by atoms with Crippen molar-refractivity contribution in [3.8, 4) is 0 Å². The third-order valence-corrected chi connectivity index (χ3v) is 4.78. The number of amides is 2. The zero-order chi connectivity index (χ0) is 16.3. The summed E-state index contributed by atoms with van der Waals surface area (Å²) in [5.74, 6) is -1.93. The van der Waals surface area contributed by atoms with E-state index in [4.69, 9.17) is 5.11 Å². The summed E-state index contributed by atoms with van der Waals surface area (Å²) in [5, 5.41) is 11.8. The number of thioether (sulfide) groups is 1. The molecule has 2 N–H and O–H groups in total. The van der Waals surface area contributed by atoms with Crippen LogP contribution in [0.2, 0.25) is 0 Å². The number of halogens is 3. The lowest BCUT2D eigenvalue weighted by molar-refractivity contribution is -0.226. The van der Waals surface area contributed by atoms with Gasteiger partial charge < -0.3 is 15.3 Å². The van der Waals surface area contributed by atoms with E-state index in [1.165, 1.54) is 0 Å². The Morgan fingerprint density at radius 2 is 2.10 bits per heavy atom. The van der Waals surface area contributed by atoms with Crippen LogP contribution in [0.15, 0.2) is 0 Å². The van der Waals surface area contributed by atoms with E-state index in [1.54, 1.807) is 11.8 Å². The van der Waals surface area contributed by atoms with Crippen molar-refractivity contribution < 1.29 is 27.9 Å². The van der Waals surface area contributed by atoms with Crippen LogP contribution in [-0.2, 0) is 4.79 Å². The smallest absolute Gasteiger partial charge is 0.406 e. The van der Waals surface area contributed by atoms with Crippen LogP contribution in [-0.4, -0.2) is 59.3 Å². The molecule has 0 aliphatic carbocycles. The molecule has 21 heavy (non-hydrogen) atoms. The van der Waals surface area contributed by atoms with Gasteiger partial charge in [-0.3, -0.25) is 4.79 Å². The van der Waals surface area contributed by atoms with Gasteiger partial charge in [-0.15, -0.1) is 0 Å². The van der Waals surface area contributed by atoms with Crippen LogP contribution in [0.5, 0.6) is 0 Å². The molecule has 2 unspecified atom stereocenters. The summed E-state index contributed by atoms with van der Waals surface area (Å²) in [6.45, 7) is 1.28. The van der Waals surface area contributed by atoms with Crippen LogP contribution < -0.4 is 5.32 Å². The highest BCUT2D eigenvalue weighted by Gasteiger charge is 2.64. The number of carbonyl (C=O) groups is 2. The Labute approximate surface area is 125 Å². The third kappa shape index (κ3) is 3.96. The predicted octanol–water partition coefficient (Wildman–Crippen LogP) is 2.18. The van der Waals surface area contributed by atoms with Crippen LogP contribution in [0.1, 0.15) is 19.8 Å². The van der Waals surface area contributed by atoms with Crippen LogP contribution in [0.25, 0.3) is 0 Å². The molecule has 1 fully saturated rings. The summed E-state index contributed by atoms with van der Waals surface area (Å²) in [6.07, 6.45) is -2.86. The number of alkyl halides is 3. The van der Waals surface area contributed by atoms with Gasteiger partial charge in [-0.2, -0.15) is 24.9 Å². The highest BCUT2D eigenvalue weighted by molar-refractivity contribution is 7.99. The quantitative estimate of drug-likeness (QED) is 0.811. The van der Waals surface area contributed by atoms with Gasteiger partial charge in [-0.05, 0) is 19.1 Å². The van der Waals surface area contributed by atoms with E-state index in [-0.39, 0.29) is 6.54 Å². The van der Waals surface area contributed by atoms with Crippen molar-refractivity contribution in [3.05, 3.63) is 0 Å². The molecule has 9 heteroatoms. The Morgan fingerprint density at radius 3 is 2.52 bits per heavy atom. The second kappa shape index (κ2) is 6.76. The lowest BCUT2D eigenvalue weighted by Crippen LogP contribution is -2.49. The lowest BCUT2D eigenvalue weighted by Gasteiger charge is -2.27. The maximum atomic E-state index is 13.0. The second-order valence-corrected chi connectivity index (χ2v) is 6.40. The maximum absolute atomic E-state index is 13.0. The molecule has 0 saturated carbocycles. The maximum Gasteiger partial charge on any atom is 0.406 e. The van der Waals surface area contributed by atoms with Crippen molar-refractivity contribution >= 4 is 23.8 Å². The van der Waals surface area contributed by atoms with Gasteiger partial charge in [0.05, 0.1) is 0 Å². The van der Waals surface area contributed by atoms with Gasteiger partial charge in [-0.1, -0.05) is 6.92 Å². The van der Waals surface area contributed by atoms with Crippen LogP contribution in [0.4, 0.5) is 18.0 Å². The summed E-state index contributed by atoms with van der Waals surface area (Å²) in [4.78, 5) is 23.7. The van der Waals surface area contributed by atoms with E-state index < -0.39 is 36.6 Å². The number of urea groups is 1. The normalized spacial score (nSPS) is 24.0. The molecular formula is C12H19F3N2O3S. The molecular weight excluding hydrogens is 309 g/mol. The molecule has 1 rings (SSSR count). The molecule has 0 bridgehead atoms. The van der Waals surface area contributed by atoms with Crippen molar-refractivity contribution in [1.29, 1.82) is 0 Å². The number of likely N-dealkylation sites (tertiary alicyclic amines) is 1. The first kappa shape index (κ1) is 17.9. The summed E-state index contributed by atoms with van der Waals surface area (Å²) >= 11 is 1.62. The number of carbonyl (C=O) groups excluding carboxylic acids is 1. The third-order valence-electron chi connectivity index (χ3n) is 3.74. The molecule has 1 heterocycles. The van der Waals surface area contributed by atoms with E-state index in [2.05, 4.69) is 5.32 Å². The standard InChI is InChI=1S/C12H19F3N2O3S/c1-8(21-2)3-5-16-10(20)17-6-4-11(7-17,9(18)19)12(13,14)15/h8H,3-7H2,1-2H3,(H,16,20)(H,18,19). The average Bonchev–Trinajstić information content (AvgIpc) is 2.84. The molecule has 0 aromatic rings. The van der Waals surface area contributed by atoms with E-state index in [0.717, 1.165) is 4.90 Å². The first-order valence-corrected chi connectivity index (χ1v) is 7.78. The van der Waals surface area contributed by atoms with E-state index in [0.29, 0.717) is 18.2 Å².